The Bertz CT molecular complexity index is 652. The standard InChI is InChI=1S/C18H21NO2/c1-18(2,3)15-11-13(7-10-16(15)21-4)17(20)12-5-8-14(19)9-6-12/h5-11H,19H2,1-4H3. The van der Waals surface area contributed by atoms with Crippen molar-refractivity contribution in [3.05, 3.63) is 59.2 Å². The molecule has 0 bridgehead atoms. The summed E-state index contributed by atoms with van der Waals surface area (Å²) in [5.74, 6) is 0.791. The molecule has 0 saturated carbocycles. The van der Waals surface area contributed by atoms with E-state index in [1.807, 2.05) is 12.1 Å². The van der Waals surface area contributed by atoms with Gasteiger partial charge in [0.25, 0.3) is 0 Å². The molecule has 0 aliphatic heterocycles. The normalized spacial score (nSPS) is 11.2. The molecule has 0 unspecified atom stereocenters. The third-order valence-corrected chi connectivity index (χ3v) is 3.44. The smallest absolute Gasteiger partial charge is 0.193 e. The van der Waals surface area contributed by atoms with Gasteiger partial charge in [-0.2, -0.15) is 0 Å². The number of hydrogen-bond acceptors (Lipinski definition) is 3. The maximum absolute atomic E-state index is 12.6. The van der Waals surface area contributed by atoms with E-state index in [1.165, 1.54) is 0 Å². The van der Waals surface area contributed by atoms with Gasteiger partial charge < -0.3 is 10.5 Å². The van der Waals surface area contributed by atoms with E-state index in [2.05, 4.69) is 20.8 Å². The monoisotopic (exact) mass is 283 g/mol. The summed E-state index contributed by atoms with van der Waals surface area (Å²) in [6, 6.07) is 12.5. The minimum Gasteiger partial charge on any atom is -0.496 e. The van der Waals surface area contributed by atoms with Gasteiger partial charge in [0, 0.05) is 22.4 Å². The van der Waals surface area contributed by atoms with Crippen LogP contribution in [0.2, 0.25) is 0 Å². The highest BCUT2D eigenvalue weighted by molar-refractivity contribution is 6.09. The van der Waals surface area contributed by atoms with E-state index in [-0.39, 0.29) is 11.2 Å². The van der Waals surface area contributed by atoms with Crippen molar-refractivity contribution in [1.82, 2.24) is 0 Å². The van der Waals surface area contributed by atoms with Gasteiger partial charge in [-0.15, -0.1) is 0 Å². The number of rotatable bonds is 3. The first kappa shape index (κ1) is 15.1. The fraction of sp³-hybridized carbons (Fsp3) is 0.278. The number of ketones is 1. The number of anilines is 1. The highest BCUT2D eigenvalue weighted by Gasteiger charge is 2.21. The lowest BCUT2D eigenvalue weighted by atomic mass is 9.84. The minimum absolute atomic E-state index is 0.0110. The van der Waals surface area contributed by atoms with Gasteiger partial charge in [-0.25, -0.2) is 0 Å². The molecule has 0 atom stereocenters. The van der Waals surface area contributed by atoms with Gasteiger partial charge in [0.1, 0.15) is 5.75 Å². The zero-order chi connectivity index (χ0) is 15.6. The lowest BCUT2D eigenvalue weighted by Crippen LogP contribution is -2.14. The van der Waals surface area contributed by atoms with Crippen LogP contribution in [0.3, 0.4) is 0 Å². The molecule has 0 spiro atoms. The Balaban J connectivity index is 2.45. The van der Waals surface area contributed by atoms with Crippen molar-refractivity contribution < 1.29 is 9.53 Å². The lowest BCUT2D eigenvalue weighted by Gasteiger charge is -2.22. The average Bonchev–Trinajstić information content (AvgIpc) is 2.45. The number of hydrogen-bond donors (Lipinski definition) is 1. The average molecular weight is 283 g/mol. The van der Waals surface area contributed by atoms with Crippen LogP contribution in [-0.2, 0) is 5.41 Å². The zero-order valence-corrected chi connectivity index (χ0v) is 12.9. The Morgan fingerprint density at radius 1 is 1.00 bits per heavy atom. The van der Waals surface area contributed by atoms with Gasteiger partial charge in [-0.1, -0.05) is 20.8 Å². The highest BCUT2D eigenvalue weighted by Crippen LogP contribution is 2.32. The molecule has 0 amide bonds. The van der Waals surface area contributed by atoms with Crippen LogP contribution in [0.1, 0.15) is 42.3 Å². The molecule has 0 fully saturated rings. The Hall–Kier alpha value is -2.29. The van der Waals surface area contributed by atoms with E-state index in [0.717, 1.165) is 11.3 Å². The first-order valence-electron chi connectivity index (χ1n) is 6.91. The molecule has 0 radical (unpaired) electrons. The molecular formula is C18H21NO2. The summed E-state index contributed by atoms with van der Waals surface area (Å²) in [5, 5.41) is 0. The van der Waals surface area contributed by atoms with E-state index in [4.69, 9.17) is 10.5 Å². The van der Waals surface area contributed by atoms with E-state index < -0.39 is 0 Å². The third-order valence-electron chi connectivity index (χ3n) is 3.44. The fourth-order valence-electron chi connectivity index (χ4n) is 2.24. The van der Waals surface area contributed by atoms with Crippen molar-refractivity contribution in [2.75, 3.05) is 12.8 Å². The van der Waals surface area contributed by atoms with Crippen molar-refractivity contribution >= 4 is 11.5 Å². The first-order chi connectivity index (χ1) is 9.82. The molecule has 110 valence electrons. The number of carbonyl (C=O) groups is 1. The molecule has 0 aliphatic carbocycles. The number of carbonyl (C=O) groups excluding carboxylic acids is 1. The predicted octanol–water partition coefficient (Wildman–Crippen LogP) is 3.81. The summed E-state index contributed by atoms with van der Waals surface area (Å²) >= 11 is 0. The van der Waals surface area contributed by atoms with E-state index in [0.29, 0.717) is 16.8 Å². The van der Waals surface area contributed by atoms with Gasteiger partial charge in [0.15, 0.2) is 5.78 Å². The minimum atomic E-state index is -0.0945. The molecule has 3 heteroatoms. The van der Waals surface area contributed by atoms with Gasteiger partial charge >= 0.3 is 0 Å². The van der Waals surface area contributed by atoms with Crippen molar-refractivity contribution in [3.63, 3.8) is 0 Å². The van der Waals surface area contributed by atoms with Crippen molar-refractivity contribution in [1.29, 1.82) is 0 Å². The maximum Gasteiger partial charge on any atom is 0.193 e. The van der Waals surface area contributed by atoms with Crippen LogP contribution in [0.4, 0.5) is 5.69 Å². The van der Waals surface area contributed by atoms with Crippen molar-refractivity contribution in [2.45, 2.75) is 26.2 Å². The van der Waals surface area contributed by atoms with Gasteiger partial charge in [0.05, 0.1) is 7.11 Å². The van der Waals surface area contributed by atoms with Crippen LogP contribution in [0.25, 0.3) is 0 Å². The largest absolute Gasteiger partial charge is 0.496 e. The number of nitrogens with two attached hydrogens (primary N) is 1. The molecule has 21 heavy (non-hydrogen) atoms. The van der Waals surface area contributed by atoms with Crippen LogP contribution in [0.15, 0.2) is 42.5 Å². The van der Waals surface area contributed by atoms with E-state index >= 15 is 0 Å². The number of methoxy groups -OCH3 is 1. The van der Waals surface area contributed by atoms with Gasteiger partial charge in [0.2, 0.25) is 0 Å². The molecule has 0 aromatic heterocycles. The Morgan fingerprint density at radius 2 is 1.57 bits per heavy atom. The summed E-state index contributed by atoms with van der Waals surface area (Å²) in [6.07, 6.45) is 0. The van der Waals surface area contributed by atoms with Gasteiger partial charge in [-0.05, 0) is 47.9 Å². The van der Waals surface area contributed by atoms with Crippen LogP contribution < -0.4 is 10.5 Å². The molecule has 2 N–H and O–H groups in total. The summed E-state index contributed by atoms with van der Waals surface area (Å²) in [6.45, 7) is 6.30. The third kappa shape index (κ3) is 3.24. The molecule has 3 nitrogen and oxygen atoms in total. The molecule has 0 saturated heterocycles. The van der Waals surface area contributed by atoms with E-state index in [1.54, 1.807) is 37.4 Å². The highest BCUT2D eigenvalue weighted by atomic mass is 16.5. The summed E-state index contributed by atoms with van der Waals surface area (Å²) in [5.41, 5.74) is 8.52. The van der Waals surface area contributed by atoms with Crippen LogP contribution in [-0.4, -0.2) is 12.9 Å². The van der Waals surface area contributed by atoms with Crippen molar-refractivity contribution in [3.8, 4) is 5.75 Å². The quantitative estimate of drug-likeness (QED) is 0.688. The number of ether oxygens (including phenoxy) is 1. The number of benzene rings is 2. The topological polar surface area (TPSA) is 52.3 Å². The summed E-state index contributed by atoms with van der Waals surface area (Å²) < 4.78 is 5.40. The second-order valence-electron chi connectivity index (χ2n) is 6.12. The molecular weight excluding hydrogens is 262 g/mol. The fourth-order valence-corrected chi connectivity index (χ4v) is 2.24. The summed E-state index contributed by atoms with van der Waals surface area (Å²) in [7, 11) is 1.64. The molecule has 0 aliphatic rings. The molecule has 2 aromatic carbocycles. The SMILES string of the molecule is COc1ccc(C(=O)c2ccc(N)cc2)cc1C(C)(C)C. The summed E-state index contributed by atoms with van der Waals surface area (Å²) in [4.78, 5) is 12.6. The second kappa shape index (κ2) is 5.60. The molecule has 2 rings (SSSR count). The molecule has 2 aromatic rings. The Kier molecular flexibility index (Phi) is 4.03. The first-order valence-corrected chi connectivity index (χ1v) is 6.91. The van der Waals surface area contributed by atoms with Crippen molar-refractivity contribution in [2.24, 2.45) is 0 Å². The van der Waals surface area contributed by atoms with Crippen LogP contribution >= 0.6 is 0 Å². The maximum atomic E-state index is 12.6. The zero-order valence-electron chi connectivity index (χ0n) is 12.9. The van der Waals surface area contributed by atoms with Gasteiger partial charge in [-0.3, -0.25) is 4.79 Å². The number of nitrogen functional groups attached to an aromatic ring is 1. The lowest BCUT2D eigenvalue weighted by molar-refractivity contribution is 0.103. The van der Waals surface area contributed by atoms with Crippen LogP contribution in [0.5, 0.6) is 5.75 Å². The Labute approximate surface area is 125 Å². The van der Waals surface area contributed by atoms with Crippen LogP contribution in [0, 0.1) is 0 Å². The van der Waals surface area contributed by atoms with E-state index in [9.17, 15) is 4.79 Å². The predicted molar refractivity (Wildman–Crippen MR) is 86.0 cm³/mol. The Morgan fingerprint density at radius 3 is 2.10 bits per heavy atom. The molecule has 0 heterocycles. The second-order valence-corrected chi connectivity index (χ2v) is 6.12.